The summed E-state index contributed by atoms with van der Waals surface area (Å²) in [5, 5.41) is 12.0. The van der Waals surface area contributed by atoms with Crippen LogP contribution in [0.25, 0.3) is 6.08 Å². The van der Waals surface area contributed by atoms with Crippen molar-refractivity contribution in [1.29, 1.82) is 5.26 Å². The molecular weight excluding hydrogens is 360 g/mol. The van der Waals surface area contributed by atoms with Crippen molar-refractivity contribution in [3.8, 4) is 17.6 Å². The summed E-state index contributed by atoms with van der Waals surface area (Å²) in [7, 11) is 0. The highest BCUT2D eigenvalue weighted by molar-refractivity contribution is 9.10. The van der Waals surface area contributed by atoms with Crippen molar-refractivity contribution >= 4 is 33.6 Å². The normalized spacial score (nSPS) is 12.6. The monoisotopic (exact) mass is 370 g/mol. The van der Waals surface area contributed by atoms with Crippen molar-refractivity contribution in [1.82, 2.24) is 0 Å². The summed E-state index contributed by atoms with van der Waals surface area (Å²) in [5.74, 6) is 0.776. The average Bonchev–Trinajstić information content (AvgIpc) is 3.02. The molecule has 2 aromatic rings. The summed E-state index contributed by atoms with van der Waals surface area (Å²) in [6, 6.07) is 14.3. The molecule has 0 unspecified atom stereocenters. The average molecular weight is 371 g/mol. The first-order chi connectivity index (χ1) is 11.2. The van der Waals surface area contributed by atoms with E-state index in [1.165, 1.54) is 6.08 Å². The Balaban J connectivity index is 1.83. The van der Waals surface area contributed by atoms with E-state index in [-0.39, 0.29) is 12.4 Å². The van der Waals surface area contributed by atoms with Gasteiger partial charge >= 0.3 is 0 Å². The molecule has 3 rings (SSSR count). The highest BCUT2D eigenvalue weighted by Crippen LogP contribution is 2.33. The van der Waals surface area contributed by atoms with E-state index in [0.29, 0.717) is 22.7 Å². The van der Waals surface area contributed by atoms with Gasteiger partial charge in [0.2, 0.25) is 6.79 Å². The van der Waals surface area contributed by atoms with Gasteiger partial charge in [0, 0.05) is 4.47 Å². The molecule has 5 nitrogen and oxygen atoms in total. The highest BCUT2D eigenvalue weighted by atomic mass is 79.9. The minimum absolute atomic E-state index is 0.000353. The lowest BCUT2D eigenvalue weighted by molar-refractivity contribution is -0.112. The molecule has 2 aromatic carbocycles. The Hall–Kier alpha value is -2.78. The second kappa shape index (κ2) is 6.55. The second-order valence-electron chi connectivity index (χ2n) is 4.72. The van der Waals surface area contributed by atoms with E-state index < -0.39 is 5.91 Å². The predicted octanol–water partition coefficient (Wildman–Crippen LogP) is 3.72. The van der Waals surface area contributed by atoms with Gasteiger partial charge in [0.15, 0.2) is 11.5 Å². The van der Waals surface area contributed by atoms with Gasteiger partial charge in [-0.05, 0) is 51.8 Å². The van der Waals surface area contributed by atoms with E-state index in [4.69, 9.17) is 9.47 Å². The van der Waals surface area contributed by atoms with E-state index in [1.54, 1.807) is 30.3 Å². The molecule has 1 aliphatic heterocycles. The first-order valence-corrected chi connectivity index (χ1v) is 7.54. The van der Waals surface area contributed by atoms with Crippen LogP contribution in [-0.4, -0.2) is 12.7 Å². The van der Waals surface area contributed by atoms with Gasteiger partial charge in [-0.15, -0.1) is 0 Å². The summed E-state index contributed by atoms with van der Waals surface area (Å²) in [6.45, 7) is 0.177. The lowest BCUT2D eigenvalue weighted by Gasteiger charge is -2.06. The summed E-state index contributed by atoms with van der Waals surface area (Å²) in [5.41, 5.74) is 1.29. The highest BCUT2D eigenvalue weighted by Gasteiger charge is 2.15. The van der Waals surface area contributed by atoms with Gasteiger partial charge in [-0.3, -0.25) is 4.79 Å². The van der Waals surface area contributed by atoms with Crippen LogP contribution in [0.3, 0.4) is 0 Å². The number of benzene rings is 2. The third-order valence-corrected chi connectivity index (χ3v) is 3.89. The van der Waals surface area contributed by atoms with Gasteiger partial charge in [-0.2, -0.15) is 5.26 Å². The molecule has 0 radical (unpaired) electrons. The number of fused-ring (bicyclic) bond motifs is 1. The Morgan fingerprint density at radius 1 is 1.22 bits per heavy atom. The lowest BCUT2D eigenvalue weighted by atomic mass is 10.1. The molecule has 0 spiro atoms. The molecule has 1 N–H and O–H groups in total. The van der Waals surface area contributed by atoms with Crippen LogP contribution in [0.2, 0.25) is 0 Å². The van der Waals surface area contributed by atoms with Crippen LogP contribution in [0.4, 0.5) is 5.69 Å². The molecule has 1 amide bonds. The molecule has 0 fully saturated rings. The number of anilines is 1. The molecule has 1 heterocycles. The summed E-state index contributed by atoms with van der Waals surface area (Å²) >= 11 is 3.35. The summed E-state index contributed by atoms with van der Waals surface area (Å²) in [6.07, 6.45) is 1.51. The molecule has 0 saturated carbocycles. The maximum Gasteiger partial charge on any atom is 0.266 e. The van der Waals surface area contributed by atoms with Crippen molar-refractivity contribution in [2.75, 3.05) is 12.1 Å². The van der Waals surface area contributed by atoms with E-state index in [2.05, 4.69) is 21.2 Å². The van der Waals surface area contributed by atoms with Crippen LogP contribution < -0.4 is 14.8 Å². The first kappa shape index (κ1) is 15.1. The molecule has 6 heteroatoms. The van der Waals surface area contributed by atoms with Crippen LogP contribution in [0.15, 0.2) is 52.5 Å². The fourth-order valence-electron chi connectivity index (χ4n) is 2.07. The number of hydrogen-bond acceptors (Lipinski definition) is 4. The number of nitrogens with one attached hydrogen (secondary N) is 1. The van der Waals surface area contributed by atoms with E-state index in [0.717, 1.165) is 4.47 Å². The number of amides is 1. The minimum Gasteiger partial charge on any atom is -0.454 e. The van der Waals surface area contributed by atoms with Gasteiger partial charge in [0.1, 0.15) is 11.6 Å². The van der Waals surface area contributed by atoms with Gasteiger partial charge in [-0.1, -0.05) is 18.2 Å². The van der Waals surface area contributed by atoms with Gasteiger partial charge in [0.05, 0.1) is 5.69 Å². The maximum absolute atomic E-state index is 12.3. The molecule has 23 heavy (non-hydrogen) atoms. The molecule has 0 saturated heterocycles. The topological polar surface area (TPSA) is 71.3 Å². The van der Waals surface area contributed by atoms with Gasteiger partial charge in [-0.25, -0.2) is 0 Å². The Labute approximate surface area is 141 Å². The van der Waals surface area contributed by atoms with Crippen LogP contribution in [0, 0.1) is 11.3 Å². The number of hydrogen-bond donors (Lipinski definition) is 1. The van der Waals surface area contributed by atoms with Crippen LogP contribution >= 0.6 is 15.9 Å². The fourth-order valence-corrected chi connectivity index (χ4v) is 2.45. The zero-order chi connectivity index (χ0) is 16.2. The molecule has 0 bridgehead atoms. The molecule has 1 aliphatic rings. The Morgan fingerprint density at radius 3 is 2.78 bits per heavy atom. The first-order valence-electron chi connectivity index (χ1n) is 6.75. The predicted molar refractivity (Wildman–Crippen MR) is 88.9 cm³/mol. The third kappa shape index (κ3) is 3.35. The Kier molecular flexibility index (Phi) is 4.31. The lowest BCUT2D eigenvalue weighted by Crippen LogP contribution is -2.13. The third-order valence-electron chi connectivity index (χ3n) is 3.19. The van der Waals surface area contributed by atoms with Crippen molar-refractivity contribution in [3.63, 3.8) is 0 Å². The van der Waals surface area contributed by atoms with Crippen molar-refractivity contribution in [3.05, 3.63) is 58.1 Å². The number of carbonyl (C=O) groups excluding carboxylic acids is 1. The van der Waals surface area contributed by atoms with Crippen LogP contribution in [-0.2, 0) is 4.79 Å². The largest absolute Gasteiger partial charge is 0.454 e. The van der Waals surface area contributed by atoms with Crippen molar-refractivity contribution < 1.29 is 14.3 Å². The molecule has 0 aliphatic carbocycles. The van der Waals surface area contributed by atoms with Gasteiger partial charge < -0.3 is 14.8 Å². The zero-order valence-electron chi connectivity index (χ0n) is 11.9. The molecule has 0 aromatic heterocycles. The molecule has 114 valence electrons. The molecular formula is C17H11BrN2O3. The van der Waals surface area contributed by atoms with Gasteiger partial charge in [0.25, 0.3) is 5.91 Å². The number of halogens is 1. The Morgan fingerprint density at radius 2 is 2.00 bits per heavy atom. The zero-order valence-corrected chi connectivity index (χ0v) is 13.5. The fraction of sp³-hybridized carbons (Fsp3) is 0.0588. The van der Waals surface area contributed by atoms with Crippen LogP contribution in [0.1, 0.15) is 5.56 Å². The quantitative estimate of drug-likeness (QED) is 0.659. The number of nitrogens with zero attached hydrogens (tertiary/aromatic N) is 1. The standard InChI is InChI=1S/C17H11BrN2O3/c18-13-3-1-2-4-14(13)20-17(21)12(9-19)7-11-5-6-15-16(8-11)23-10-22-15/h1-8H,10H2,(H,20,21)/b12-7-. The maximum atomic E-state index is 12.3. The number of rotatable bonds is 3. The van der Waals surface area contributed by atoms with E-state index >= 15 is 0 Å². The van der Waals surface area contributed by atoms with E-state index in [1.807, 2.05) is 18.2 Å². The van der Waals surface area contributed by atoms with Crippen molar-refractivity contribution in [2.24, 2.45) is 0 Å². The Bertz CT molecular complexity index is 840. The molecule has 0 atom stereocenters. The second-order valence-corrected chi connectivity index (χ2v) is 5.57. The van der Waals surface area contributed by atoms with E-state index in [9.17, 15) is 10.1 Å². The number of ether oxygens (including phenoxy) is 2. The number of carbonyl (C=O) groups is 1. The number of para-hydroxylation sites is 1. The summed E-state index contributed by atoms with van der Waals surface area (Å²) < 4.78 is 11.3. The summed E-state index contributed by atoms with van der Waals surface area (Å²) in [4.78, 5) is 12.3. The minimum atomic E-state index is -0.475. The smallest absolute Gasteiger partial charge is 0.266 e. The number of nitriles is 1. The SMILES string of the molecule is N#C/C(=C/c1ccc2c(c1)OCO2)C(=O)Nc1ccccc1Br. The van der Waals surface area contributed by atoms with Crippen molar-refractivity contribution in [2.45, 2.75) is 0 Å². The van der Waals surface area contributed by atoms with Crippen LogP contribution in [0.5, 0.6) is 11.5 Å².